The number of carbonyl (C=O) groups excluding carboxylic acids is 1. The van der Waals surface area contributed by atoms with Crippen LogP contribution in [0.15, 0.2) is 36.4 Å². The molecule has 0 radical (unpaired) electrons. The monoisotopic (exact) mass is 322 g/mol. The van der Waals surface area contributed by atoms with E-state index in [0.717, 1.165) is 29.9 Å². The van der Waals surface area contributed by atoms with E-state index in [9.17, 15) is 4.79 Å². The quantitative estimate of drug-likeness (QED) is 0.533. The number of fused-ring (bicyclic) bond motifs is 3. The zero-order chi connectivity index (χ0) is 16.7. The van der Waals surface area contributed by atoms with Crippen molar-refractivity contribution in [3.8, 4) is 5.75 Å². The minimum atomic E-state index is -0.0105. The van der Waals surface area contributed by atoms with Crippen molar-refractivity contribution >= 4 is 16.7 Å². The summed E-state index contributed by atoms with van der Waals surface area (Å²) in [6.07, 6.45) is 5.88. The fraction of sp³-hybridized carbons (Fsp3) is 0.500. The third-order valence-electron chi connectivity index (χ3n) is 6.31. The summed E-state index contributed by atoms with van der Waals surface area (Å²) in [7, 11) is 0. The summed E-state index contributed by atoms with van der Waals surface area (Å²) in [6, 6.07) is 12.4. The van der Waals surface area contributed by atoms with E-state index in [1.54, 1.807) is 0 Å². The van der Waals surface area contributed by atoms with Crippen molar-refractivity contribution in [1.29, 1.82) is 0 Å². The highest BCUT2D eigenvalue weighted by molar-refractivity contribution is 5.93. The maximum absolute atomic E-state index is 12.7. The molecule has 0 aliphatic heterocycles. The molecule has 0 amide bonds. The van der Waals surface area contributed by atoms with Gasteiger partial charge in [-0.05, 0) is 60.5 Å². The van der Waals surface area contributed by atoms with Crippen LogP contribution in [0.2, 0.25) is 0 Å². The van der Waals surface area contributed by atoms with Crippen LogP contribution in [0.4, 0.5) is 0 Å². The van der Waals surface area contributed by atoms with E-state index in [-0.39, 0.29) is 11.9 Å². The molecule has 4 rings (SSSR count). The lowest BCUT2D eigenvalue weighted by atomic mass is 9.89. The SMILES string of the molecule is CCC(C)c1ccc(OC(=O)C2CC3CCC2C3)c2ccccc12. The van der Waals surface area contributed by atoms with Crippen molar-refractivity contribution in [3.63, 3.8) is 0 Å². The standard InChI is InChI=1S/C22H26O2/c1-3-14(2)17-10-11-21(19-7-5-4-6-18(17)19)24-22(23)20-13-15-8-9-16(20)12-15/h4-7,10-11,14-16,20H,3,8-9,12-13H2,1-2H3. The average molecular weight is 322 g/mol. The van der Waals surface area contributed by atoms with Gasteiger partial charge in [-0.15, -0.1) is 0 Å². The van der Waals surface area contributed by atoms with E-state index >= 15 is 0 Å². The van der Waals surface area contributed by atoms with Crippen LogP contribution in [0.25, 0.3) is 10.8 Å². The van der Waals surface area contributed by atoms with Crippen LogP contribution in [0, 0.1) is 17.8 Å². The summed E-state index contributed by atoms with van der Waals surface area (Å²) < 4.78 is 5.89. The molecule has 2 nitrogen and oxygen atoms in total. The summed E-state index contributed by atoms with van der Waals surface area (Å²) in [5, 5.41) is 2.27. The Morgan fingerprint density at radius 3 is 2.58 bits per heavy atom. The molecule has 0 spiro atoms. The van der Waals surface area contributed by atoms with Crippen molar-refractivity contribution in [2.75, 3.05) is 0 Å². The van der Waals surface area contributed by atoms with Gasteiger partial charge in [0, 0.05) is 5.39 Å². The number of ether oxygens (including phenoxy) is 1. The van der Waals surface area contributed by atoms with Gasteiger partial charge in [0.2, 0.25) is 0 Å². The van der Waals surface area contributed by atoms with Crippen LogP contribution in [-0.2, 0) is 4.79 Å². The van der Waals surface area contributed by atoms with Gasteiger partial charge in [-0.1, -0.05) is 50.6 Å². The molecule has 0 N–H and O–H groups in total. The third kappa shape index (κ3) is 2.62. The Kier molecular flexibility index (Phi) is 4.07. The van der Waals surface area contributed by atoms with Gasteiger partial charge in [0.1, 0.15) is 5.75 Å². The number of rotatable bonds is 4. The van der Waals surface area contributed by atoms with E-state index in [1.165, 1.54) is 30.2 Å². The Hall–Kier alpha value is -1.83. The van der Waals surface area contributed by atoms with Crippen LogP contribution >= 0.6 is 0 Å². The Balaban J connectivity index is 1.64. The van der Waals surface area contributed by atoms with Gasteiger partial charge in [0.25, 0.3) is 0 Å². The van der Waals surface area contributed by atoms with E-state index in [4.69, 9.17) is 4.74 Å². The molecule has 2 saturated carbocycles. The van der Waals surface area contributed by atoms with Crippen molar-refractivity contribution < 1.29 is 9.53 Å². The Morgan fingerprint density at radius 2 is 1.92 bits per heavy atom. The first kappa shape index (κ1) is 15.7. The van der Waals surface area contributed by atoms with E-state index in [2.05, 4.69) is 38.1 Å². The molecule has 2 fully saturated rings. The first-order valence-electron chi connectivity index (χ1n) is 9.40. The molecule has 2 aromatic carbocycles. The lowest BCUT2D eigenvalue weighted by Gasteiger charge is -2.21. The van der Waals surface area contributed by atoms with E-state index < -0.39 is 0 Å². The number of hydrogen-bond donors (Lipinski definition) is 0. The van der Waals surface area contributed by atoms with Gasteiger partial charge in [-0.3, -0.25) is 4.79 Å². The lowest BCUT2D eigenvalue weighted by Crippen LogP contribution is -2.25. The summed E-state index contributed by atoms with van der Waals surface area (Å²) >= 11 is 0. The van der Waals surface area contributed by atoms with Crippen LogP contribution in [-0.4, -0.2) is 5.97 Å². The number of carbonyl (C=O) groups is 1. The van der Waals surface area contributed by atoms with Gasteiger partial charge in [-0.2, -0.15) is 0 Å². The van der Waals surface area contributed by atoms with Gasteiger partial charge in [0.05, 0.1) is 5.92 Å². The van der Waals surface area contributed by atoms with Crippen LogP contribution < -0.4 is 4.74 Å². The minimum Gasteiger partial charge on any atom is -0.426 e. The maximum atomic E-state index is 12.7. The average Bonchev–Trinajstić information content (AvgIpc) is 3.24. The smallest absolute Gasteiger partial charge is 0.314 e. The van der Waals surface area contributed by atoms with Crippen molar-refractivity contribution in [1.82, 2.24) is 0 Å². The van der Waals surface area contributed by atoms with Crippen LogP contribution in [0.5, 0.6) is 5.75 Å². The predicted molar refractivity (Wildman–Crippen MR) is 97.2 cm³/mol. The van der Waals surface area contributed by atoms with Crippen LogP contribution in [0.1, 0.15) is 57.4 Å². The van der Waals surface area contributed by atoms with Crippen molar-refractivity contribution in [2.45, 2.75) is 51.9 Å². The third-order valence-corrected chi connectivity index (χ3v) is 6.31. The molecule has 2 bridgehead atoms. The number of benzene rings is 2. The fourth-order valence-corrected chi connectivity index (χ4v) is 4.75. The van der Waals surface area contributed by atoms with Gasteiger partial charge in [0.15, 0.2) is 0 Å². The molecule has 126 valence electrons. The van der Waals surface area contributed by atoms with E-state index in [1.807, 2.05) is 12.1 Å². The van der Waals surface area contributed by atoms with Crippen molar-refractivity contribution in [3.05, 3.63) is 42.0 Å². The zero-order valence-corrected chi connectivity index (χ0v) is 14.6. The predicted octanol–water partition coefficient (Wildman–Crippen LogP) is 5.69. The zero-order valence-electron chi connectivity index (χ0n) is 14.6. The second-order valence-corrected chi connectivity index (χ2v) is 7.71. The molecule has 2 aromatic rings. The summed E-state index contributed by atoms with van der Waals surface area (Å²) in [6.45, 7) is 4.46. The molecule has 2 heteroatoms. The summed E-state index contributed by atoms with van der Waals surface area (Å²) in [4.78, 5) is 12.7. The molecule has 2 aliphatic carbocycles. The first-order valence-corrected chi connectivity index (χ1v) is 9.40. The maximum Gasteiger partial charge on any atom is 0.314 e. The second kappa shape index (κ2) is 6.23. The molecule has 2 aliphatic rings. The highest BCUT2D eigenvalue weighted by atomic mass is 16.5. The summed E-state index contributed by atoms with van der Waals surface area (Å²) in [5.74, 6) is 2.67. The van der Waals surface area contributed by atoms with Gasteiger partial charge in [-0.25, -0.2) is 0 Å². The second-order valence-electron chi connectivity index (χ2n) is 7.71. The molecule has 0 saturated heterocycles. The van der Waals surface area contributed by atoms with E-state index in [0.29, 0.717) is 11.8 Å². The molecular weight excluding hydrogens is 296 g/mol. The summed E-state index contributed by atoms with van der Waals surface area (Å²) in [5.41, 5.74) is 1.34. The highest BCUT2D eigenvalue weighted by Crippen LogP contribution is 2.49. The topological polar surface area (TPSA) is 26.3 Å². The molecule has 4 unspecified atom stereocenters. The Morgan fingerprint density at radius 1 is 1.12 bits per heavy atom. The first-order chi connectivity index (χ1) is 11.7. The highest BCUT2D eigenvalue weighted by Gasteiger charge is 2.44. The molecule has 4 atom stereocenters. The normalized spacial score (nSPS) is 26.7. The van der Waals surface area contributed by atoms with Gasteiger partial charge < -0.3 is 4.74 Å². The van der Waals surface area contributed by atoms with Gasteiger partial charge >= 0.3 is 5.97 Å². The lowest BCUT2D eigenvalue weighted by molar-refractivity contribution is -0.140. The van der Waals surface area contributed by atoms with Crippen molar-refractivity contribution in [2.24, 2.45) is 17.8 Å². The Bertz CT molecular complexity index is 764. The fourth-order valence-electron chi connectivity index (χ4n) is 4.75. The minimum absolute atomic E-state index is 0.0105. The molecule has 0 heterocycles. The molecule has 0 aromatic heterocycles. The molecular formula is C22H26O2. The number of esters is 1. The van der Waals surface area contributed by atoms with Crippen LogP contribution in [0.3, 0.4) is 0 Å². The number of hydrogen-bond acceptors (Lipinski definition) is 2. The molecule has 24 heavy (non-hydrogen) atoms. The Labute approximate surface area is 144 Å². The largest absolute Gasteiger partial charge is 0.426 e.